The van der Waals surface area contributed by atoms with Gasteiger partial charge in [0.1, 0.15) is 5.41 Å². The van der Waals surface area contributed by atoms with E-state index in [0.717, 1.165) is 6.42 Å². The first-order valence-electron chi connectivity index (χ1n) is 5.68. The van der Waals surface area contributed by atoms with E-state index in [4.69, 9.17) is 9.47 Å². The molecule has 0 aromatic carbocycles. The maximum absolute atomic E-state index is 12.3. The Bertz CT molecular complexity index is 350. The zero-order chi connectivity index (χ0) is 11.3. The molecular formula is C11H15NO4. The van der Waals surface area contributed by atoms with Crippen LogP contribution < -0.4 is 0 Å². The molecule has 1 saturated carbocycles. The Hall–Kier alpha value is -1.10. The fraction of sp³-hybridized carbons (Fsp3) is 0.818. The van der Waals surface area contributed by atoms with Crippen LogP contribution in [0.15, 0.2) is 0 Å². The van der Waals surface area contributed by atoms with Crippen molar-refractivity contribution in [3.8, 4) is 0 Å². The van der Waals surface area contributed by atoms with E-state index in [1.807, 2.05) is 4.90 Å². The average molecular weight is 225 g/mol. The summed E-state index contributed by atoms with van der Waals surface area (Å²) in [6.07, 6.45) is 2.37. The van der Waals surface area contributed by atoms with E-state index in [1.54, 1.807) is 0 Å². The Morgan fingerprint density at radius 1 is 1.44 bits per heavy atom. The van der Waals surface area contributed by atoms with Gasteiger partial charge >= 0.3 is 5.97 Å². The van der Waals surface area contributed by atoms with Crippen LogP contribution in [0.25, 0.3) is 0 Å². The van der Waals surface area contributed by atoms with E-state index in [1.165, 1.54) is 7.11 Å². The van der Waals surface area contributed by atoms with Gasteiger partial charge in [0, 0.05) is 6.54 Å². The van der Waals surface area contributed by atoms with Crippen molar-refractivity contribution in [1.29, 1.82) is 0 Å². The molecule has 2 saturated heterocycles. The second-order valence-corrected chi connectivity index (χ2v) is 4.88. The summed E-state index contributed by atoms with van der Waals surface area (Å²) < 4.78 is 10.2. The summed E-state index contributed by atoms with van der Waals surface area (Å²) in [6.45, 7) is 1.26. The van der Waals surface area contributed by atoms with E-state index < -0.39 is 5.41 Å². The first kappa shape index (κ1) is 10.1. The number of carbonyl (C=O) groups is 2. The van der Waals surface area contributed by atoms with Crippen LogP contribution in [0.4, 0.5) is 0 Å². The predicted molar refractivity (Wildman–Crippen MR) is 53.5 cm³/mol. The zero-order valence-electron chi connectivity index (χ0n) is 9.27. The van der Waals surface area contributed by atoms with Gasteiger partial charge < -0.3 is 14.4 Å². The molecule has 0 N–H and O–H groups in total. The molecule has 3 aliphatic rings. The molecule has 3 fully saturated rings. The van der Waals surface area contributed by atoms with E-state index in [0.29, 0.717) is 26.0 Å². The van der Waals surface area contributed by atoms with Gasteiger partial charge in [-0.2, -0.15) is 0 Å². The molecule has 0 aromatic rings. The molecule has 2 bridgehead atoms. The second-order valence-electron chi connectivity index (χ2n) is 4.88. The highest BCUT2D eigenvalue weighted by Crippen LogP contribution is 2.49. The smallest absolute Gasteiger partial charge is 0.321 e. The number of hydrogen-bond acceptors (Lipinski definition) is 4. The van der Waals surface area contributed by atoms with Crippen LogP contribution in [-0.2, 0) is 19.1 Å². The van der Waals surface area contributed by atoms with Crippen molar-refractivity contribution in [2.75, 3.05) is 20.3 Å². The molecule has 0 unspecified atom stereocenters. The normalized spacial score (nSPS) is 33.9. The van der Waals surface area contributed by atoms with Gasteiger partial charge in [-0.25, -0.2) is 0 Å². The lowest BCUT2D eigenvalue weighted by Gasteiger charge is -2.29. The van der Waals surface area contributed by atoms with E-state index >= 15 is 0 Å². The average Bonchev–Trinajstić information content (AvgIpc) is 2.85. The zero-order valence-corrected chi connectivity index (χ0v) is 9.27. The highest BCUT2D eigenvalue weighted by molar-refractivity contribution is 6.05. The lowest BCUT2D eigenvalue weighted by atomic mass is 10.1. The minimum atomic E-state index is -0.848. The lowest BCUT2D eigenvalue weighted by Crippen LogP contribution is -2.47. The Labute approximate surface area is 93.7 Å². The van der Waals surface area contributed by atoms with Gasteiger partial charge in [0.2, 0.25) is 5.91 Å². The van der Waals surface area contributed by atoms with Crippen molar-refractivity contribution < 1.29 is 19.1 Å². The molecule has 2 heterocycles. The third kappa shape index (κ3) is 1.21. The highest BCUT2D eigenvalue weighted by atomic mass is 16.5. The van der Waals surface area contributed by atoms with Crippen molar-refractivity contribution in [2.24, 2.45) is 5.41 Å². The number of morpholine rings is 1. The van der Waals surface area contributed by atoms with Crippen molar-refractivity contribution >= 4 is 11.9 Å². The van der Waals surface area contributed by atoms with Crippen LogP contribution in [0.3, 0.4) is 0 Å². The molecule has 16 heavy (non-hydrogen) atoms. The number of carbonyl (C=O) groups excluding carboxylic acids is 2. The number of rotatable bonds is 2. The fourth-order valence-corrected chi connectivity index (χ4v) is 2.75. The van der Waals surface area contributed by atoms with Crippen molar-refractivity contribution in [3.05, 3.63) is 0 Å². The molecule has 0 spiro atoms. The summed E-state index contributed by atoms with van der Waals surface area (Å²) in [7, 11) is 1.34. The largest absolute Gasteiger partial charge is 0.468 e. The Morgan fingerprint density at radius 2 is 2.19 bits per heavy atom. The number of likely N-dealkylation sites (tertiary alicyclic amines) is 1. The van der Waals surface area contributed by atoms with Crippen LogP contribution in [0.1, 0.15) is 19.3 Å². The molecule has 2 aliphatic heterocycles. The van der Waals surface area contributed by atoms with Crippen LogP contribution in [0.5, 0.6) is 0 Å². The van der Waals surface area contributed by atoms with Crippen molar-refractivity contribution in [3.63, 3.8) is 0 Å². The van der Waals surface area contributed by atoms with Gasteiger partial charge in [0.05, 0.1) is 25.9 Å². The summed E-state index contributed by atoms with van der Waals surface area (Å²) >= 11 is 0. The van der Waals surface area contributed by atoms with E-state index in [-0.39, 0.29) is 24.0 Å². The van der Waals surface area contributed by atoms with Gasteiger partial charge in [0.25, 0.3) is 0 Å². The summed E-state index contributed by atoms with van der Waals surface area (Å²) in [5, 5.41) is 0. The van der Waals surface area contributed by atoms with Gasteiger partial charge in [-0.05, 0) is 19.3 Å². The Kier molecular flexibility index (Phi) is 2.01. The minimum absolute atomic E-state index is 0.0462. The lowest BCUT2D eigenvalue weighted by molar-refractivity contribution is -0.158. The molecule has 2 atom stereocenters. The number of methoxy groups -OCH3 is 1. The third-order valence-corrected chi connectivity index (χ3v) is 3.90. The number of ether oxygens (including phenoxy) is 2. The van der Waals surface area contributed by atoms with E-state index in [2.05, 4.69) is 0 Å². The quantitative estimate of drug-likeness (QED) is 0.488. The summed E-state index contributed by atoms with van der Waals surface area (Å²) in [5.74, 6) is -0.420. The maximum atomic E-state index is 12.3. The van der Waals surface area contributed by atoms with Crippen LogP contribution in [-0.4, -0.2) is 49.2 Å². The monoisotopic (exact) mass is 225 g/mol. The van der Waals surface area contributed by atoms with Crippen LogP contribution in [0, 0.1) is 5.41 Å². The topological polar surface area (TPSA) is 55.8 Å². The molecule has 1 aliphatic carbocycles. The fourth-order valence-electron chi connectivity index (χ4n) is 2.75. The maximum Gasteiger partial charge on any atom is 0.321 e. The third-order valence-electron chi connectivity index (χ3n) is 3.90. The van der Waals surface area contributed by atoms with Crippen molar-refractivity contribution in [2.45, 2.75) is 31.4 Å². The predicted octanol–water partition coefficient (Wildman–Crippen LogP) is -0.0607. The van der Waals surface area contributed by atoms with Gasteiger partial charge in [0.15, 0.2) is 0 Å². The number of nitrogens with zero attached hydrogens (tertiary/aromatic N) is 1. The van der Waals surface area contributed by atoms with Crippen LogP contribution in [0.2, 0.25) is 0 Å². The van der Waals surface area contributed by atoms with E-state index in [9.17, 15) is 9.59 Å². The molecule has 5 heteroatoms. The van der Waals surface area contributed by atoms with Crippen molar-refractivity contribution in [1.82, 2.24) is 4.90 Å². The molecule has 5 nitrogen and oxygen atoms in total. The molecule has 88 valence electrons. The highest BCUT2D eigenvalue weighted by Gasteiger charge is 2.61. The SMILES string of the molecule is COC(=O)C1(C(=O)N2C[C@@H]3C[C@H]2CO3)CC1. The molecule has 0 radical (unpaired) electrons. The number of amides is 1. The summed E-state index contributed by atoms with van der Waals surface area (Å²) in [5.41, 5.74) is -0.848. The number of hydrogen-bond donors (Lipinski definition) is 0. The molecular weight excluding hydrogens is 210 g/mol. The Morgan fingerprint density at radius 3 is 2.62 bits per heavy atom. The summed E-state index contributed by atoms with van der Waals surface area (Å²) in [6, 6.07) is 0.180. The van der Waals surface area contributed by atoms with Gasteiger partial charge in [-0.3, -0.25) is 9.59 Å². The molecule has 0 aromatic heterocycles. The van der Waals surface area contributed by atoms with Gasteiger partial charge in [-0.1, -0.05) is 0 Å². The van der Waals surface area contributed by atoms with Gasteiger partial charge in [-0.15, -0.1) is 0 Å². The number of fused-ring (bicyclic) bond motifs is 2. The first-order chi connectivity index (χ1) is 7.67. The Balaban J connectivity index is 1.76. The molecule has 1 amide bonds. The van der Waals surface area contributed by atoms with Crippen LogP contribution >= 0.6 is 0 Å². The summed E-state index contributed by atoms with van der Waals surface area (Å²) in [4.78, 5) is 25.7. The standard InChI is InChI=1S/C11H15NO4/c1-15-10(14)11(2-3-11)9(13)12-5-8-4-7(12)6-16-8/h7-8H,2-6H2,1H3/t7-,8-/m0/s1. The second kappa shape index (κ2) is 3.20. The number of esters is 1. The molecule has 3 rings (SSSR count). The minimum Gasteiger partial charge on any atom is -0.468 e. The first-order valence-corrected chi connectivity index (χ1v) is 5.68.